The summed E-state index contributed by atoms with van der Waals surface area (Å²) in [7, 11) is 0. The van der Waals surface area contributed by atoms with E-state index in [1.54, 1.807) is 0 Å². The molecule has 0 radical (unpaired) electrons. The quantitative estimate of drug-likeness (QED) is 0.708. The van der Waals surface area contributed by atoms with Crippen LogP contribution < -0.4 is 5.32 Å². The average molecular weight is 181 g/mol. The molecule has 0 heterocycles. The lowest BCUT2D eigenvalue weighted by Gasteiger charge is -2.20. The van der Waals surface area contributed by atoms with Crippen LogP contribution >= 0.6 is 0 Å². The fourth-order valence-corrected chi connectivity index (χ4v) is 2.95. The Morgan fingerprint density at radius 1 is 1.38 bits per heavy atom. The van der Waals surface area contributed by atoms with E-state index in [2.05, 4.69) is 12.2 Å². The van der Waals surface area contributed by atoms with Crippen molar-refractivity contribution in [2.24, 2.45) is 17.8 Å². The lowest BCUT2D eigenvalue weighted by atomic mass is 9.88. The number of carbonyl (C=O) groups is 1. The third kappa shape index (κ3) is 1.72. The SMILES string of the molecule is CCCNC(=O)[C@H]1C[C@@H]2CC[C@@H]1C2. The molecule has 0 aromatic rings. The molecule has 13 heavy (non-hydrogen) atoms. The predicted octanol–water partition coefficient (Wildman–Crippen LogP) is 1.95. The molecule has 3 atom stereocenters. The molecule has 0 unspecified atom stereocenters. The lowest BCUT2D eigenvalue weighted by molar-refractivity contribution is -0.126. The standard InChI is InChI=1S/C11H19NO/c1-2-5-12-11(13)10-7-8-3-4-9(10)6-8/h8-10H,2-7H2,1H3,(H,12,13)/t8-,9-,10+/m1/s1. The summed E-state index contributed by atoms with van der Waals surface area (Å²) in [4.78, 5) is 11.7. The van der Waals surface area contributed by atoms with Gasteiger partial charge in [0.15, 0.2) is 0 Å². The van der Waals surface area contributed by atoms with E-state index in [4.69, 9.17) is 0 Å². The van der Waals surface area contributed by atoms with Crippen LogP contribution in [-0.4, -0.2) is 12.5 Å². The maximum atomic E-state index is 11.7. The van der Waals surface area contributed by atoms with Gasteiger partial charge in [-0.1, -0.05) is 13.3 Å². The first-order valence-electron chi connectivity index (χ1n) is 5.59. The van der Waals surface area contributed by atoms with Crippen LogP contribution in [0.15, 0.2) is 0 Å². The Bertz CT molecular complexity index is 202. The van der Waals surface area contributed by atoms with Gasteiger partial charge in [0.25, 0.3) is 0 Å². The zero-order chi connectivity index (χ0) is 9.26. The minimum atomic E-state index is 0.328. The highest BCUT2D eigenvalue weighted by molar-refractivity contribution is 5.79. The Kier molecular flexibility index (Phi) is 2.56. The molecular weight excluding hydrogens is 162 g/mol. The number of rotatable bonds is 3. The molecule has 2 bridgehead atoms. The average Bonchev–Trinajstić information content (AvgIpc) is 2.74. The Hall–Kier alpha value is -0.530. The van der Waals surface area contributed by atoms with Crippen molar-refractivity contribution in [1.82, 2.24) is 5.32 Å². The monoisotopic (exact) mass is 181 g/mol. The second-order valence-corrected chi connectivity index (χ2v) is 4.57. The zero-order valence-corrected chi connectivity index (χ0v) is 8.38. The molecule has 0 aliphatic heterocycles. The highest BCUT2D eigenvalue weighted by Gasteiger charge is 2.42. The van der Waals surface area contributed by atoms with Gasteiger partial charge in [0.2, 0.25) is 5.91 Å². The van der Waals surface area contributed by atoms with Crippen molar-refractivity contribution in [3.63, 3.8) is 0 Å². The van der Waals surface area contributed by atoms with Crippen molar-refractivity contribution in [2.45, 2.75) is 39.0 Å². The summed E-state index contributed by atoms with van der Waals surface area (Å²) in [6.45, 7) is 2.95. The highest BCUT2D eigenvalue weighted by atomic mass is 16.1. The Morgan fingerprint density at radius 2 is 2.23 bits per heavy atom. The van der Waals surface area contributed by atoms with Crippen LogP contribution in [0.4, 0.5) is 0 Å². The summed E-state index contributed by atoms with van der Waals surface area (Å²) in [5.74, 6) is 2.29. The molecular formula is C11H19NO. The molecule has 2 rings (SSSR count). The molecule has 0 spiro atoms. The molecule has 2 aliphatic carbocycles. The van der Waals surface area contributed by atoms with E-state index in [9.17, 15) is 4.79 Å². The maximum Gasteiger partial charge on any atom is 0.223 e. The van der Waals surface area contributed by atoms with Gasteiger partial charge in [-0.25, -0.2) is 0 Å². The third-order valence-corrected chi connectivity index (χ3v) is 3.62. The van der Waals surface area contributed by atoms with Crippen LogP contribution in [0, 0.1) is 17.8 Å². The van der Waals surface area contributed by atoms with E-state index in [1.807, 2.05) is 0 Å². The maximum absolute atomic E-state index is 11.7. The van der Waals surface area contributed by atoms with E-state index >= 15 is 0 Å². The summed E-state index contributed by atoms with van der Waals surface area (Å²) >= 11 is 0. The van der Waals surface area contributed by atoms with Crippen molar-refractivity contribution in [2.75, 3.05) is 6.54 Å². The fourth-order valence-electron chi connectivity index (χ4n) is 2.95. The van der Waals surface area contributed by atoms with Gasteiger partial charge >= 0.3 is 0 Å². The lowest BCUT2D eigenvalue weighted by Crippen LogP contribution is -2.33. The molecule has 2 fully saturated rings. The van der Waals surface area contributed by atoms with Gasteiger partial charge in [-0.15, -0.1) is 0 Å². The molecule has 2 aliphatic rings. The zero-order valence-electron chi connectivity index (χ0n) is 8.38. The smallest absolute Gasteiger partial charge is 0.223 e. The number of amides is 1. The van der Waals surface area contributed by atoms with Crippen LogP contribution in [0.2, 0.25) is 0 Å². The van der Waals surface area contributed by atoms with E-state index in [-0.39, 0.29) is 0 Å². The van der Waals surface area contributed by atoms with Gasteiger partial charge in [0.05, 0.1) is 0 Å². The van der Waals surface area contributed by atoms with Crippen molar-refractivity contribution < 1.29 is 4.79 Å². The van der Waals surface area contributed by atoms with Crippen molar-refractivity contribution >= 4 is 5.91 Å². The summed E-state index contributed by atoms with van der Waals surface area (Å²) in [6, 6.07) is 0. The first-order valence-corrected chi connectivity index (χ1v) is 5.59. The van der Waals surface area contributed by atoms with Gasteiger partial charge in [0, 0.05) is 12.5 Å². The number of nitrogens with one attached hydrogen (secondary N) is 1. The van der Waals surface area contributed by atoms with Gasteiger partial charge < -0.3 is 5.32 Å². The normalized spacial score (nSPS) is 36.5. The number of fused-ring (bicyclic) bond motifs is 2. The van der Waals surface area contributed by atoms with Crippen molar-refractivity contribution in [3.05, 3.63) is 0 Å². The summed E-state index contributed by atoms with van der Waals surface area (Å²) in [5, 5.41) is 3.02. The van der Waals surface area contributed by atoms with Crippen LogP contribution in [-0.2, 0) is 4.79 Å². The summed E-state index contributed by atoms with van der Waals surface area (Å²) in [6.07, 6.45) is 6.22. The Labute approximate surface area is 80.1 Å². The molecule has 2 saturated carbocycles. The van der Waals surface area contributed by atoms with Gasteiger partial charge in [0.1, 0.15) is 0 Å². The number of carbonyl (C=O) groups excluding carboxylic acids is 1. The first-order chi connectivity index (χ1) is 6.31. The second kappa shape index (κ2) is 3.69. The third-order valence-electron chi connectivity index (χ3n) is 3.62. The largest absolute Gasteiger partial charge is 0.356 e. The molecule has 74 valence electrons. The minimum Gasteiger partial charge on any atom is -0.356 e. The van der Waals surface area contributed by atoms with Gasteiger partial charge in [-0.05, 0) is 37.5 Å². The van der Waals surface area contributed by atoms with Crippen LogP contribution in [0.25, 0.3) is 0 Å². The summed E-state index contributed by atoms with van der Waals surface area (Å²) in [5.41, 5.74) is 0. The minimum absolute atomic E-state index is 0.328. The van der Waals surface area contributed by atoms with E-state index in [0.717, 1.165) is 24.8 Å². The van der Waals surface area contributed by atoms with E-state index in [1.165, 1.54) is 25.7 Å². The molecule has 1 N–H and O–H groups in total. The number of hydrogen-bond acceptors (Lipinski definition) is 1. The van der Waals surface area contributed by atoms with Gasteiger partial charge in [-0.2, -0.15) is 0 Å². The fraction of sp³-hybridized carbons (Fsp3) is 0.909. The second-order valence-electron chi connectivity index (χ2n) is 4.57. The predicted molar refractivity (Wildman–Crippen MR) is 52.2 cm³/mol. The molecule has 0 aromatic carbocycles. The highest BCUT2D eigenvalue weighted by Crippen LogP contribution is 2.48. The Balaban J connectivity index is 1.84. The Morgan fingerprint density at radius 3 is 2.77 bits per heavy atom. The molecule has 2 nitrogen and oxygen atoms in total. The van der Waals surface area contributed by atoms with Crippen LogP contribution in [0.3, 0.4) is 0 Å². The van der Waals surface area contributed by atoms with Crippen molar-refractivity contribution in [1.29, 1.82) is 0 Å². The molecule has 0 saturated heterocycles. The van der Waals surface area contributed by atoms with Crippen molar-refractivity contribution in [3.8, 4) is 0 Å². The molecule has 1 amide bonds. The van der Waals surface area contributed by atoms with Crippen LogP contribution in [0.5, 0.6) is 0 Å². The van der Waals surface area contributed by atoms with Gasteiger partial charge in [-0.3, -0.25) is 4.79 Å². The first kappa shape index (κ1) is 9.04. The van der Waals surface area contributed by atoms with E-state index < -0.39 is 0 Å². The van der Waals surface area contributed by atoms with Crippen LogP contribution in [0.1, 0.15) is 39.0 Å². The topological polar surface area (TPSA) is 29.1 Å². The van der Waals surface area contributed by atoms with E-state index in [0.29, 0.717) is 11.8 Å². The summed E-state index contributed by atoms with van der Waals surface area (Å²) < 4.78 is 0. The molecule has 0 aromatic heterocycles. The number of hydrogen-bond donors (Lipinski definition) is 1. The molecule has 2 heteroatoms.